The Morgan fingerprint density at radius 1 is 0.264 bits per heavy atom. The minimum atomic E-state index is -5.00. The molecule has 0 rings (SSSR count). The lowest BCUT2D eigenvalue weighted by molar-refractivity contribution is -0.161. The van der Waals surface area contributed by atoms with Gasteiger partial charge in [-0.3, -0.25) is 37.3 Å². The van der Waals surface area contributed by atoms with E-state index in [4.69, 9.17) is 37.0 Å². The number of ether oxygens (including phenoxy) is 4. The van der Waals surface area contributed by atoms with Crippen LogP contribution >= 0.6 is 15.6 Å². The van der Waals surface area contributed by atoms with Crippen molar-refractivity contribution in [1.29, 1.82) is 0 Å². The molecule has 628 valence electrons. The number of rotatable bonds is 79. The van der Waals surface area contributed by atoms with Crippen molar-refractivity contribution < 1.29 is 80.2 Å². The fourth-order valence-electron chi connectivity index (χ4n) is 11.1. The van der Waals surface area contributed by atoms with Crippen LogP contribution in [0.3, 0.4) is 0 Å². The lowest BCUT2D eigenvalue weighted by Crippen LogP contribution is -2.30. The predicted octanol–water partition coefficient (Wildman–Crippen LogP) is 25.6. The molecule has 0 spiro atoms. The third-order valence-corrected chi connectivity index (χ3v) is 19.4. The Kier molecular flexibility index (Phi) is 77.7. The van der Waals surface area contributed by atoms with E-state index in [1.54, 1.807) is 0 Å². The zero-order valence-corrected chi connectivity index (χ0v) is 70.7. The highest BCUT2D eigenvalue weighted by Gasteiger charge is 2.30. The van der Waals surface area contributed by atoms with Gasteiger partial charge in [-0.1, -0.05) is 301 Å². The van der Waals surface area contributed by atoms with Gasteiger partial charge in [-0.25, -0.2) is 9.13 Å². The van der Waals surface area contributed by atoms with Crippen molar-refractivity contribution in [3.8, 4) is 0 Å². The summed E-state index contributed by atoms with van der Waals surface area (Å²) in [5.41, 5.74) is 0. The summed E-state index contributed by atoms with van der Waals surface area (Å²) in [5.74, 6) is -2.24. The third kappa shape index (κ3) is 80.7. The summed E-state index contributed by atoms with van der Waals surface area (Å²) in [7, 11) is -9.99. The van der Waals surface area contributed by atoms with Crippen LogP contribution in [-0.2, 0) is 65.4 Å². The summed E-state index contributed by atoms with van der Waals surface area (Å²) in [4.78, 5) is 73.3. The maximum atomic E-state index is 13.1. The van der Waals surface area contributed by atoms with Gasteiger partial charge in [-0.15, -0.1) is 0 Å². The van der Waals surface area contributed by atoms with Crippen LogP contribution in [0.1, 0.15) is 336 Å². The molecule has 0 saturated carbocycles. The molecule has 19 heteroatoms. The molecule has 17 nitrogen and oxygen atoms in total. The maximum Gasteiger partial charge on any atom is 0.472 e. The molecule has 0 aromatic rings. The first kappa shape index (κ1) is 105. The Labute approximate surface area is 668 Å². The van der Waals surface area contributed by atoms with Crippen LogP contribution in [0.15, 0.2) is 158 Å². The molecule has 0 aliphatic carbocycles. The molecule has 110 heavy (non-hydrogen) atoms. The zero-order chi connectivity index (χ0) is 80.3. The first-order valence-corrected chi connectivity index (χ1v) is 45.7. The van der Waals surface area contributed by atoms with Gasteiger partial charge in [0.2, 0.25) is 0 Å². The zero-order valence-electron chi connectivity index (χ0n) is 68.9. The summed E-state index contributed by atoms with van der Waals surface area (Å²) in [5, 5.41) is 10.7. The first-order chi connectivity index (χ1) is 53.7. The number of unbranched alkanes of at least 4 members (excludes halogenated alkanes) is 27. The van der Waals surface area contributed by atoms with E-state index in [1.807, 2.05) is 0 Å². The van der Waals surface area contributed by atoms with Crippen molar-refractivity contribution in [2.75, 3.05) is 39.6 Å². The number of phosphoric ester groups is 2. The molecule has 0 aromatic carbocycles. The fourth-order valence-corrected chi connectivity index (χ4v) is 12.7. The van der Waals surface area contributed by atoms with Crippen LogP contribution in [-0.4, -0.2) is 96.7 Å². The number of carbonyl (C=O) groups is 4. The van der Waals surface area contributed by atoms with E-state index in [1.165, 1.54) is 38.5 Å². The second-order valence-corrected chi connectivity index (χ2v) is 30.9. The molecule has 0 heterocycles. The quantitative estimate of drug-likeness (QED) is 0.0169. The van der Waals surface area contributed by atoms with Gasteiger partial charge in [0, 0.05) is 25.7 Å². The average molecular weight is 1580 g/mol. The molecule has 0 aromatic heterocycles. The Bertz CT molecular complexity index is 2700. The SMILES string of the molecule is CC/C=C\C/C=C\C/C=C\C/C=C\C/C=C\CCCCCC(=O)OCC(COP(=O)(O)OCC(O)COP(=O)(O)OCC(COC(=O)CCCCCCCC/C=C\C/C=C\C/C=C\C/C=C\CC)OC(=O)CCCCCCCCC/C=C\C/C=C\C/C=C\CC)OC(=O)CCCCCCC/C=C\CCCCCCCC. The van der Waals surface area contributed by atoms with E-state index in [0.29, 0.717) is 25.7 Å². The smallest absolute Gasteiger partial charge is 0.462 e. The third-order valence-electron chi connectivity index (χ3n) is 17.5. The van der Waals surface area contributed by atoms with Crippen molar-refractivity contribution in [2.24, 2.45) is 0 Å². The van der Waals surface area contributed by atoms with Gasteiger partial charge in [-0.05, 0) is 167 Å². The molecule has 0 aliphatic heterocycles. The summed E-state index contributed by atoms with van der Waals surface area (Å²) >= 11 is 0. The molecule has 0 saturated heterocycles. The number of hydrogen-bond donors (Lipinski definition) is 3. The number of aliphatic hydroxyl groups excluding tert-OH is 1. The number of allylic oxidation sites excluding steroid dienone is 26. The molecule has 0 bridgehead atoms. The largest absolute Gasteiger partial charge is 0.472 e. The van der Waals surface area contributed by atoms with Crippen LogP contribution < -0.4 is 0 Å². The van der Waals surface area contributed by atoms with Crippen LogP contribution in [0, 0.1) is 0 Å². The Balaban J connectivity index is 5.44. The number of hydrogen-bond acceptors (Lipinski definition) is 15. The Morgan fingerprint density at radius 3 is 0.745 bits per heavy atom. The number of phosphoric acid groups is 2. The maximum absolute atomic E-state index is 13.1. The molecule has 5 unspecified atom stereocenters. The standard InChI is InChI=1S/C91H152O17P2/c1-5-9-13-17-21-25-29-33-37-40-42-45-48-51-55-59-63-67-71-75-88(93)101-81-86(107-90(95)77-73-69-65-61-57-53-47-36-32-28-24-20-16-12-8-4)83-105-109(97,98)103-79-85(92)80-104-110(99,100)106-84-87(108-91(96)78-74-70-66-62-58-54-50-44-39-35-31-27-23-19-15-11-7-3)82-102-89(94)76-72-68-64-60-56-52-49-46-43-41-38-34-30-26-22-18-14-10-6-2/h9-11,13-15,21-23,25-27,33-39,42-43,45-47,51,55,85-87,92H,5-8,12,16-20,24,28-32,40-41,44,48-50,52-54,56-84H2,1-4H3,(H,97,98)(H,99,100)/b13-9-,14-10-,15-11-,25-21-,26-22-,27-23-,37-33-,38-34-,39-35-,45-42-,46-43-,47-36-,55-51-. The molecule has 5 atom stereocenters. The van der Waals surface area contributed by atoms with Gasteiger partial charge in [-0.2, -0.15) is 0 Å². The summed E-state index contributed by atoms with van der Waals surface area (Å²) in [6.07, 6.45) is 96.3. The Hall–Kier alpha value is -5.32. The van der Waals surface area contributed by atoms with E-state index in [-0.39, 0.29) is 25.7 Å². The lowest BCUT2D eigenvalue weighted by Gasteiger charge is -2.21. The summed E-state index contributed by atoms with van der Waals surface area (Å²) in [6, 6.07) is 0. The van der Waals surface area contributed by atoms with Crippen molar-refractivity contribution in [1.82, 2.24) is 0 Å². The molecule has 0 aliphatic rings. The molecule has 0 radical (unpaired) electrons. The molecular formula is C91H152O17P2. The predicted molar refractivity (Wildman–Crippen MR) is 454 cm³/mol. The van der Waals surface area contributed by atoms with Crippen molar-refractivity contribution in [2.45, 2.75) is 354 Å². The molecule has 0 fully saturated rings. The van der Waals surface area contributed by atoms with Gasteiger partial charge in [0.05, 0.1) is 26.4 Å². The molecular weight excluding hydrogens is 1430 g/mol. The van der Waals surface area contributed by atoms with E-state index in [2.05, 4.69) is 186 Å². The Morgan fingerprint density at radius 2 is 0.473 bits per heavy atom. The minimum absolute atomic E-state index is 0.0735. The van der Waals surface area contributed by atoms with Crippen LogP contribution in [0.5, 0.6) is 0 Å². The highest BCUT2D eigenvalue weighted by molar-refractivity contribution is 7.47. The second-order valence-electron chi connectivity index (χ2n) is 28.0. The van der Waals surface area contributed by atoms with Crippen LogP contribution in [0.25, 0.3) is 0 Å². The first-order valence-electron chi connectivity index (χ1n) is 42.7. The van der Waals surface area contributed by atoms with E-state index in [9.17, 15) is 43.2 Å². The highest BCUT2D eigenvalue weighted by Crippen LogP contribution is 2.45. The fraction of sp³-hybridized carbons (Fsp3) is 0.670. The van der Waals surface area contributed by atoms with Gasteiger partial charge >= 0.3 is 39.5 Å². The number of esters is 4. The number of carbonyl (C=O) groups excluding carboxylic acids is 4. The second kappa shape index (κ2) is 81.7. The van der Waals surface area contributed by atoms with Gasteiger partial charge in [0.15, 0.2) is 12.2 Å². The van der Waals surface area contributed by atoms with E-state index in [0.717, 1.165) is 218 Å². The normalized spacial score (nSPS) is 14.6. The minimum Gasteiger partial charge on any atom is -0.462 e. The van der Waals surface area contributed by atoms with Gasteiger partial charge < -0.3 is 33.8 Å². The van der Waals surface area contributed by atoms with Crippen molar-refractivity contribution >= 4 is 39.5 Å². The van der Waals surface area contributed by atoms with Crippen LogP contribution in [0.2, 0.25) is 0 Å². The lowest BCUT2D eigenvalue weighted by atomic mass is 10.1. The van der Waals surface area contributed by atoms with Crippen molar-refractivity contribution in [3.63, 3.8) is 0 Å². The molecule has 0 amide bonds. The van der Waals surface area contributed by atoms with E-state index >= 15 is 0 Å². The monoisotopic (exact) mass is 1580 g/mol. The molecule has 3 N–H and O–H groups in total. The highest BCUT2D eigenvalue weighted by atomic mass is 31.2. The number of aliphatic hydroxyl groups is 1. The summed E-state index contributed by atoms with van der Waals surface area (Å²) < 4.78 is 68.8. The van der Waals surface area contributed by atoms with Gasteiger partial charge in [0.1, 0.15) is 19.3 Å². The topological polar surface area (TPSA) is 237 Å². The summed E-state index contributed by atoms with van der Waals surface area (Å²) in [6.45, 7) is 4.49. The van der Waals surface area contributed by atoms with E-state index < -0.39 is 97.5 Å². The van der Waals surface area contributed by atoms with Crippen molar-refractivity contribution in [3.05, 3.63) is 158 Å². The van der Waals surface area contributed by atoms with Gasteiger partial charge in [0.25, 0.3) is 0 Å². The average Bonchev–Trinajstić information content (AvgIpc) is 0.899. The van der Waals surface area contributed by atoms with Crippen LogP contribution in [0.4, 0.5) is 0 Å².